The van der Waals surface area contributed by atoms with Crippen LogP contribution in [0.2, 0.25) is 0 Å². The van der Waals surface area contributed by atoms with E-state index in [9.17, 15) is 9.59 Å². The molecule has 7 heteroatoms. The highest BCUT2D eigenvalue weighted by molar-refractivity contribution is 6.01. The van der Waals surface area contributed by atoms with Gasteiger partial charge in [0.1, 0.15) is 11.3 Å². The van der Waals surface area contributed by atoms with Gasteiger partial charge in [-0.2, -0.15) is 0 Å². The third-order valence-corrected chi connectivity index (χ3v) is 5.71. The molecule has 0 unspecified atom stereocenters. The van der Waals surface area contributed by atoms with Gasteiger partial charge in [-0.3, -0.25) is 9.59 Å². The van der Waals surface area contributed by atoms with E-state index in [-0.39, 0.29) is 18.4 Å². The van der Waals surface area contributed by atoms with Gasteiger partial charge in [-0.05, 0) is 55.2 Å². The predicted molar refractivity (Wildman–Crippen MR) is 129 cm³/mol. The van der Waals surface area contributed by atoms with Gasteiger partial charge < -0.3 is 19.9 Å². The molecule has 0 spiro atoms. The van der Waals surface area contributed by atoms with Crippen molar-refractivity contribution in [1.29, 1.82) is 0 Å². The average molecular weight is 456 g/mol. The molecule has 1 aliphatic rings. The van der Waals surface area contributed by atoms with E-state index < -0.39 is 0 Å². The topological polar surface area (TPSA) is 93.5 Å². The molecule has 1 heterocycles. The smallest absolute Gasteiger partial charge is 0.258 e. The molecule has 0 bridgehead atoms. The van der Waals surface area contributed by atoms with E-state index >= 15 is 0 Å². The summed E-state index contributed by atoms with van der Waals surface area (Å²) in [4.78, 5) is 24.4. The molecule has 1 fully saturated rings. The molecule has 5 rings (SSSR count). The molecule has 1 aromatic heterocycles. The molecule has 0 atom stereocenters. The van der Waals surface area contributed by atoms with E-state index in [0.29, 0.717) is 41.6 Å². The third kappa shape index (κ3) is 5.26. The Hall–Kier alpha value is -4.13. The van der Waals surface area contributed by atoms with Crippen LogP contribution in [0.25, 0.3) is 22.2 Å². The Balaban J connectivity index is 1.14. The molecular weight excluding hydrogens is 430 g/mol. The molecule has 3 aromatic carbocycles. The lowest BCUT2D eigenvalue weighted by atomic mass is 10.1. The number of ether oxygens (including phenoxy) is 1. The molecule has 2 N–H and O–H groups in total. The van der Waals surface area contributed by atoms with Gasteiger partial charge in [0.25, 0.3) is 11.8 Å². The fourth-order valence-corrected chi connectivity index (χ4v) is 3.70. The van der Waals surface area contributed by atoms with Crippen molar-refractivity contribution >= 4 is 22.7 Å². The Labute approximate surface area is 197 Å². The zero-order valence-electron chi connectivity index (χ0n) is 18.6. The second-order valence-electron chi connectivity index (χ2n) is 8.39. The van der Waals surface area contributed by atoms with Crippen LogP contribution in [0, 0.1) is 0 Å². The summed E-state index contributed by atoms with van der Waals surface area (Å²) in [6.45, 7) is 0.518. The van der Waals surface area contributed by atoms with E-state index in [1.165, 1.54) is 0 Å². The Bertz CT molecular complexity index is 1290. The van der Waals surface area contributed by atoms with Gasteiger partial charge in [0.05, 0.1) is 5.39 Å². The number of benzene rings is 3. The molecule has 2 amide bonds. The van der Waals surface area contributed by atoms with Gasteiger partial charge in [0, 0.05) is 23.7 Å². The SMILES string of the molecule is O=C(COc1ccc(CCNC(=O)c2ccc3noc(-c4ccccc4)c3c2)cc1)NC1CC1. The molecule has 4 aromatic rings. The number of amides is 2. The number of hydrogen-bond donors (Lipinski definition) is 2. The van der Waals surface area contributed by atoms with Crippen molar-refractivity contribution in [2.24, 2.45) is 0 Å². The Morgan fingerprint density at radius 1 is 1.00 bits per heavy atom. The van der Waals surface area contributed by atoms with Gasteiger partial charge in [0.2, 0.25) is 0 Å². The first-order valence-electron chi connectivity index (χ1n) is 11.4. The lowest BCUT2D eigenvalue weighted by Gasteiger charge is -2.08. The maximum atomic E-state index is 12.7. The van der Waals surface area contributed by atoms with Crippen molar-refractivity contribution in [3.63, 3.8) is 0 Å². The molecule has 34 heavy (non-hydrogen) atoms. The van der Waals surface area contributed by atoms with E-state index in [1.54, 1.807) is 12.1 Å². The first-order chi connectivity index (χ1) is 16.7. The maximum absolute atomic E-state index is 12.7. The molecule has 0 radical (unpaired) electrons. The van der Waals surface area contributed by atoms with Crippen molar-refractivity contribution in [1.82, 2.24) is 15.8 Å². The average Bonchev–Trinajstić information content (AvgIpc) is 3.58. The van der Waals surface area contributed by atoms with Crippen LogP contribution < -0.4 is 15.4 Å². The maximum Gasteiger partial charge on any atom is 0.258 e. The van der Waals surface area contributed by atoms with Crippen molar-refractivity contribution < 1.29 is 18.8 Å². The Kier molecular flexibility index (Phi) is 6.25. The second-order valence-corrected chi connectivity index (χ2v) is 8.39. The fourth-order valence-electron chi connectivity index (χ4n) is 3.70. The zero-order valence-corrected chi connectivity index (χ0v) is 18.6. The summed E-state index contributed by atoms with van der Waals surface area (Å²) in [7, 11) is 0. The monoisotopic (exact) mass is 455 g/mol. The normalized spacial score (nSPS) is 12.9. The highest BCUT2D eigenvalue weighted by Crippen LogP contribution is 2.29. The van der Waals surface area contributed by atoms with Gasteiger partial charge >= 0.3 is 0 Å². The van der Waals surface area contributed by atoms with E-state index in [4.69, 9.17) is 9.26 Å². The molecule has 1 aliphatic carbocycles. The highest BCUT2D eigenvalue weighted by atomic mass is 16.5. The lowest BCUT2D eigenvalue weighted by molar-refractivity contribution is -0.123. The first kappa shape index (κ1) is 21.7. The number of aromatic nitrogens is 1. The quantitative estimate of drug-likeness (QED) is 0.396. The van der Waals surface area contributed by atoms with Crippen LogP contribution in [0.4, 0.5) is 0 Å². The Morgan fingerprint density at radius 3 is 2.56 bits per heavy atom. The molecule has 7 nitrogen and oxygen atoms in total. The van der Waals surface area contributed by atoms with Crippen LogP contribution in [-0.2, 0) is 11.2 Å². The second kappa shape index (κ2) is 9.79. The fraction of sp³-hybridized carbons (Fsp3) is 0.222. The number of hydrogen-bond acceptors (Lipinski definition) is 5. The first-order valence-corrected chi connectivity index (χ1v) is 11.4. The number of rotatable bonds is 9. The van der Waals surface area contributed by atoms with Crippen LogP contribution in [0.3, 0.4) is 0 Å². The molecule has 0 aliphatic heterocycles. The standard InChI is InChI=1S/C27H25N3O4/c31-25(29-21-9-10-21)17-33-22-11-6-18(7-12-22)14-15-28-27(32)20-8-13-24-23(16-20)26(34-30-24)19-4-2-1-3-5-19/h1-8,11-13,16,21H,9-10,14-15,17H2,(H,28,32)(H,29,31). The van der Waals surface area contributed by atoms with Crippen molar-refractivity contribution in [3.05, 3.63) is 83.9 Å². The predicted octanol–water partition coefficient (Wildman–Crippen LogP) is 4.12. The third-order valence-electron chi connectivity index (χ3n) is 5.71. The summed E-state index contributed by atoms with van der Waals surface area (Å²) >= 11 is 0. The van der Waals surface area contributed by atoms with E-state index in [1.807, 2.05) is 60.7 Å². The van der Waals surface area contributed by atoms with Crippen LogP contribution in [0.15, 0.2) is 77.3 Å². The van der Waals surface area contributed by atoms with E-state index in [2.05, 4.69) is 15.8 Å². The van der Waals surface area contributed by atoms with E-state index in [0.717, 1.165) is 29.4 Å². The largest absolute Gasteiger partial charge is 0.484 e. The molecule has 172 valence electrons. The van der Waals surface area contributed by atoms with Crippen LogP contribution in [0.5, 0.6) is 5.75 Å². The van der Waals surface area contributed by atoms with Gasteiger partial charge in [0.15, 0.2) is 12.4 Å². The van der Waals surface area contributed by atoms with Crippen molar-refractivity contribution in [2.45, 2.75) is 25.3 Å². The molecule has 0 saturated heterocycles. The summed E-state index contributed by atoms with van der Waals surface area (Å²) < 4.78 is 11.0. The number of carbonyl (C=O) groups is 2. The number of nitrogens with one attached hydrogen (secondary N) is 2. The number of fused-ring (bicyclic) bond motifs is 1. The summed E-state index contributed by atoms with van der Waals surface area (Å²) in [5, 5.41) is 10.8. The summed E-state index contributed by atoms with van der Waals surface area (Å²) in [5.74, 6) is 1.06. The van der Waals surface area contributed by atoms with Gasteiger partial charge in [-0.1, -0.05) is 47.6 Å². The zero-order chi connectivity index (χ0) is 23.3. The van der Waals surface area contributed by atoms with Gasteiger partial charge in [-0.15, -0.1) is 0 Å². The lowest BCUT2D eigenvalue weighted by Crippen LogP contribution is -2.30. The summed E-state index contributed by atoms with van der Waals surface area (Å²) in [6, 6.07) is 23.0. The number of nitrogens with zero attached hydrogens (tertiary/aromatic N) is 1. The minimum atomic E-state index is -0.149. The molecular formula is C27H25N3O4. The molecule has 1 saturated carbocycles. The van der Waals surface area contributed by atoms with Crippen LogP contribution in [0.1, 0.15) is 28.8 Å². The van der Waals surface area contributed by atoms with Crippen molar-refractivity contribution in [3.8, 4) is 17.1 Å². The Morgan fingerprint density at radius 2 is 1.79 bits per heavy atom. The number of carbonyl (C=O) groups excluding carboxylic acids is 2. The van der Waals surface area contributed by atoms with Gasteiger partial charge in [-0.25, -0.2) is 0 Å². The minimum absolute atomic E-state index is 0.0222. The van der Waals surface area contributed by atoms with Crippen LogP contribution >= 0.6 is 0 Å². The van der Waals surface area contributed by atoms with Crippen molar-refractivity contribution in [2.75, 3.05) is 13.2 Å². The minimum Gasteiger partial charge on any atom is -0.484 e. The summed E-state index contributed by atoms with van der Waals surface area (Å²) in [6.07, 6.45) is 2.79. The summed E-state index contributed by atoms with van der Waals surface area (Å²) in [5.41, 5.74) is 3.25. The highest BCUT2D eigenvalue weighted by Gasteiger charge is 2.23. The van der Waals surface area contributed by atoms with Crippen LogP contribution in [-0.4, -0.2) is 36.2 Å².